The summed E-state index contributed by atoms with van der Waals surface area (Å²) in [7, 11) is 1.66. The second-order valence-electron chi connectivity index (χ2n) is 3.68. The van der Waals surface area contributed by atoms with E-state index >= 15 is 0 Å². The van der Waals surface area contributed by atoms with Gasteiger partial charge in [0.05, 0.1) is 12.8 Å². The molecule has 0 aliphatic heterocycles. The number of nitrogens with zero attached hydrogens (tertiary/aromatic N) is 2. The summed E-state index contributed by atoms with van der Waals surface area (Å²) in [6, 6.07) is 7.76. The van der Waals surface area contributed by atoms with Crippen LogP contribution in [0.4, 0.5) is 17.5 Å². The molecule has 1 aromatic heterocycles. The van der Waals surface area contributed by atoms with E-state index in [1.165, 1.54) is 6.20 Å². The lowest BCUT2D eigenvalue weighted by Gasteiger charge is -2.08. The molecule has 3 N–H and O–H groups in total. The van der Waals surface area contributed by atoms with Crippen LogP contribution in [0.3, 0.4) is 0 Å². The fourth-order valence-corrected chi connectivity index (χ4v) is 1.59. The van der Waals surface area contributed by atoms with Crippen LogP contribution in [-0.4, -0.2) is 17.1 Å². The highest BCUT2D eigenvalue weighted by atomic mass is 35.5. The Morgan fingerprint density at radius 2 is 2.06 bits per heavy atom. The van der Waals surface area contributed by atoms with Gasteiger partial charge in [0.25, 0.3) is 0 Å². The molecular formula is C12H13ClN4O. The normalized spacial score (nSPS) is 10.3. The summed E-state index contributed by atoms with van der Waals surface area (Å²) in [5, 5.41) is 3.50. The van der Waals surface area contributed by atoms with Gasteiger partial charge in [-0.3, -0.25) is 0 Å². The van der Waals surface area contributed by atoms with Gasteiger partial charge in [0.2, 0.25) is 5.95 Å². The van der Waals surface area contributed by atoms with E-state index in [0.29, 0.717) is 17.4 Å². The first kappa shape index (κ1) is 12.6. The Morgan fingerprint density at radius 1 is 1.33 bits per heavy atom. The van der Waals surface area contributed by atoms with Gasteiger partial charge in [-0.25, -0.2) is 4.98 Å². The molecule has 1 heterocycles. The summed E-state index contributed by atoms with van der Waals surface area (Å²) in [4.78, 5) is 7.82. The van der Waals surface area contributed by atoms with Crippen molar-refractivity contribution in [2.75, 3.05) is 18.2 Å². The van der Waals surface area contributed by atoms with Gasteiger partial charge in [0.1, 0.15) is 5.02 Å². The van der Waals surface area contributed by atoms with Gasteiger partial charge in [-0.1, -0.05) is 23.7 Å². The van der Waals surface area contributed by atoms with Crippen molar-refractivity contribution in [3.05, 3.63) is 41.0 Å². The molecule has 0 aliphatic rings. The van der Waals surface area contributed by atoms with E-state index in [1.807, 2.05) is 24.3 Å². The molecule has 0 atom stereocenters. The number of nitrogens with two attached hydrogens (primary N) is 1. The Hall–Kier alpha value is -1.85. The first-order valence-corrected chi connectivity index (χ1v) is 5.70. The highest BCUT2D eigenvalue weighted by Crippen LogP contribution is 2.23. The lowest BCUT2D eigenvalue weighted by atomic mass is 10.2. The smallest absolute Gasteiger partial charge is 0.222 e. The van der Waals surface area contributed by atoms with E-state index in [2.05, 4.69) is 15.3 Å². The first-order valence-electron chi connectivity index (χ1n) is 5.32. The number of ether oxygens (including phenoxy) is 1. The molecule has 0 saturated carbocycles. The summed E-state index contributed by atoms with van der Waals surface area (Å²) < 4.78 is 5.04. The van der Waals surface area contributed by atoms with Gasteiger partial charge >= 0.3 is 0 Å². The van der Waals surface area contributed by atoms with E-state index in [-0.39, 0.29) is 5.95 Å². The predicted molar refractivity (Wildman–Crippen MR) is 71.9 cm³/mol. The van der Waals surface area contributed by atoms with Gasteiger partial charge < -0.3 is 15.8 Å². The molecule has 0 radical (unpaired) electrons. The van der Waals surface area contributed by atoms with Crippen LogP contribution in [0.1, 0.15) is 5.56 Å². The molecule has 18 heavy (non-hydrogen) atoms. The van der Waals surface area contributed by atoms with Crippen molar-refractivity contribution < 1.29 is 4.74 Å². The quantitative estimate of drug-likeness (QED) is 0.888. The number of anilines is 3. The van der Waals surface area contributed by atoms with Crippen molar-refractivity contribution >= 4 is 29.1 Å². The van der Waals surface area contributed by atoms with E-state index in [0.717, 1.165) is 11.3 Å². The molecule has 0 fully saturated rings. The van der Waals surface area contributed by atoms with Gasteiger partial charge in [-0.15, -0.1) is 0 Å². The molecule has 5 nitrogen and oxygen atoms in total. The van der Waals surface area contributed by atoms with Crippen LogP contribution in [0.5, 0.6) is 0 Å². The minimum atomic E-state index is 0.179. The Morgan fingerprint density at radius 3 is 2.72 bits per heavy atom. The second-order valence-corrected chi connectivity index (χ2v) is 4.09. The monoisotopic (exact) mass is 264 g/mol. The zero-order valence-electron chi connectivity index (χ0n) is 9.85. The first-order chi connectivity index (χ1) is 8.69. The van der Waals surface area contributed by atoms with E-state index < -0.39 is 0 Å². The average Bonchev–Trinajstić information content (AvgIpc) is 2.37. The van der Waals surface area contributed by atoms with Crippen molar-refractivity contribution in [2.45, 2.75) is 6.61 Å². The maximum absolute atomic E-state index is 5.96. The number of hydrogen-bond acceptors (Lipinski definition) is 5. The third-order valence-corrected chi connectivity index (χ3v) is 2.57. The van der Waals surface area contributed by atoms with E-state index in [1.54, 1.807) is 7.11 Å². The maximum Gasteiger partial charge on any atom is 0.222 e. The summed E-state index contributed by atoms with van der Waals surface area (Å²) in [6.45, 7) is 0.585. The van der Waals surface area contributed by atoms with Gasteiger partial charge in [-0.2, -0.15) is 4.98 Å². The maximum atomic E-state index is 5.96. The lowest BCUT2D eigenvalue weighted by molar-refractivity contribution is 0.185. The molecule has 0 saturated heterocycles. The van der Waals surface area contributed by atoms with Crippen LogP contribution in [0, 0.1) is 0 Å². The van der Waals surface area contributed by atoms with Crippen molar-refractivity contribution in [1.29, 1.82) is 0 Å². The third-order valence-electron chi connectivity index (χ3n) is 2.29. The minimum Gasteiger partial charge on any atom is -0.380 e. The molecule has 2 aromatic rings. The van der Waals surface area contributed by atoms with Crippen molar-refractivity contribution in [1.82, 2.24) is 9.97 Å². The number of methoxy groups -OCH3 is 1. The van der Waals surface area contributed by atoms with Gasteiger partial charge in [0, 0.05) is 12.8 Å². The Balaban J connectivity index is 2.15. The fourth-order valence-electron chi connectivity index (χ4n) is 1.46. The van der Waals surface area contributed by atoms with E-state index in [9.17, 15) is 0 Å². The Kier molecular flexibility index (Phi) is 3.96. The molecule has 0 aliphatic carbocycles. The summed E-state index contributed by atoms with van der Waals surface area (Å²) in [5.74, 6) is 0.668. The molecule has 94 valence electrons. The molecule has 6 heteroatoms. The molecule has 2 rings (SSSR count). The Labute approximate surface area is 110 Å². The number of benzene rings is 1. The summed E-state index contributed by atoms with van der Waals surface area (Å²) in [5.41, 5.74) is 7.47. The number of rotatable bonds is 4. The molecule has 0 amide bonds. The van der Waals surface area contributed by atoms with Crippen molar-refractivity contribution in [2.24, 2.45) is 0 Å². The summed E-state index contributed by atoms with van der Waals surface area (Å²) >= 11 is 5.96. The number of aromatic nitrogens is 2. The van der Waals surface area contributed by atoms with Crippen LogP contribution >= 0.6 is 11.6 Å². The largest absolute Gasteiger partial charge is 0.380 e. The number of halogens is 1. The van der Waals surface area contributed by atoms with Gasteiger partial charge in [-0.05, 0) is 17.7 Å². The average molecular weight is 265 g/mol. The molecule has 0 unspecified atom stereocenters. The van der Waals surface area contributed by atoms with Crippen LogP contribution in [0.15, 0.2) is 30.5 Å². The van der Waals surface area contributed by atoms with Gasteiger partial charge in [0.15, 0.2) is 5.82 Å². The van der Waals surface area contributed by atoms with Crippen molar-refractivity contribution in [3.8, 4) is 0 Å². The highest BCUT2D eigenvalue weighted by Gasteiger charge is 2.04. The van der Waals surface area contributed by atoms with Crippen LogP contribution < -0.4 is 11.1 Å². The molecule has 1 aromatic carbocycles. The third kappa shape index (κ3) is 3.09. The SMILES string of the molecule is COCc1ccc(Nc2nc(N)ncc2Cl)cc1. The highest BCUT2D eigenvalue weighted by molar-refractivity contribution is 6.32. The van der Waals surface area contributed by atoms with Crippen LogP contribution in [0.25, 0.3) is 0 Å². The number of nitrogen functional groups attached to an aromatic ring is 1. The molecular weight excluding hydrogens is 252 g/mol. The van der Waals surface area contributed by atoms with E-state index in [4.69, 9.17) is 22.1 Å². The number of nitrogens with one attached hydrogen (secondary N) is 1. The Bertz CT molecular complexity index is 530. The predicted octanol–water partition coefficient (Wildman–Crippen LogP) is 2.60. The molecule has 0 spiro atoms. The summed E-state index contributed by atoms with van der Waals surface area (Å²) in [6.07, 6.45) is 1.46. The van der Waals surface area contributed by atoms with Crippen molar-refractivity contribution in [3.63, 3.8) is 0 Å². The lowest BCUT2D eigenvalue weighted by Crippen LogP contribution is -2.00. The zero-order valence-corrected chi connectivity index (χ0v) is 10.6. The molecule has 0 bridgehead atoms. The zero-order chi connectivity index (χ0) is 13.0. The minimum absolute atomic E-state index is 0.179. The number of hydrogen-bond donors (Lipinski definition) is 2. The topological polar surface area (TPSA) is 73.1 Å². The van der Waals surface area contributed by atoms with Crippen LogP contribution in [0.2, 0.25) is 5.02 Å². The second kappa shape index (κ2) is 5.66. The fraction of sp³-hybridized carbons (Fsp3) is 0.167. The van der Waals surface area contributed by atoms with Crippen LogP contribution in [-0.2, 0) is 11.3 Å². The standard InChI is InChI=1S/C12H13ClN4O/c1-18-7-8-2-4-9(5-3-8)16-11-10(13)6-15-12(14)17-11/h2-6H,7H2,1H3,(H3,14,15,16,17).